The van der Waals surface area contributed by atoms with E-state index < -0.39 is 17.9 Å². The van der Waals surface area contributed by atoms with Crippen LogP contribution in [-0.2, 0) is 16.6 Å². The number of methoxy groups -OCH3 is 1. The van der Waals surface area contributed by atoms with Gasteiger partial charge in [-0.1, -0.05) is 44.9 Å². The minimum absolute atomic E-state index is 0.0975. The number of thiazole rings is 1. The van der Waals surface area contributed by atoms with E-state index in [0.29, 0.717) is 18.0 Å². The molecule has 2 aliphatic rings. The number of hydrogen-bond donors (Lipinski definition) is 2. The Morgan fingerprint density at radius 1 is 1.21 bits per heavy atom. The summed E-state index contributed by atoms with van der Waals surface area (Å²) in [6.07, 6.45) is 9.89. The van der Waals surface area contributed by atoms with Crippen LogP contribution in [0.1, 0.15) is 92.4 Å². The number of nitrogens with one attached hydrogen (secondary N) is 1. The van der Waals surface area contributed by atoms with Crippen LogP contribution in [0.15, 0.2) is 10.2 Å². The number of aromatic nitrogens is 3. The molecule has 10 heteroatoms. The van der Waals surface area contributed by atoms with Gasteiger partial charge in [-0.3, -0.25) is 13.9 Å². The summed E-state index contributed by atoms with van der Waals surface area (Å²) in [6.45, 7) is 0. The van der Waals surface area contributed by atoms with E-state index in [4.69, 9.17) is 0 Å². The fraction of sp³-hybridized carbons (Fsp3) is 0.652. The average molecular weight is 477 g/mol. The van der Waals surface area contributed by atoms with Crippen molar-refractivity contribution in [2.45, 2.75) is 76.2 Å². The number of aromatic hydroxyl groups is 1. The largest absolute Gasteiger partial charge is 0.493 e. The van der Waals surface area contributed by atoms with E-state index in [0.717, 1.165) is 62.7 Å². The number of rotatable bonds is 7. The molecule has 180 valence electrons. The fourth-order valence-corrected chi connectivity index (χ4v) is 6.03. The Kier molecular flexibility index (Phi) is 7.21. The van der Waals surface area contributed by atoms with Gasteiger partial charge in [0.05, 0.1) is 12.8 Å². The van der Waals surface area contributed by atoms with Gasteiger partial charge in [0.25, 0.3) is 0 Å². The maximum atomic E-state index is 13.4. The van der Waals surface area contributed by atoms with Crippen molar-refractivity contribution >= 4 is 28.3 Å². The van der Waals surface area contributed by atoms with Crippen molar-refractivity contribution in [3.05, 3.63) is 27.3 Å². The highest BCUT2D eigenvalue weighted by Gasteiger charge is 2.34. The van der Waals surface area contributed by atoms with Crippen molar-refractivity contribution in [2.24, 2.45) is 13.0 Å². The molecule has 2 aromatic heterocycles. The first-order chi connectivity index (χ1) is 15.9. The first kappa shape index (κ1) is 23.5. The molecule has 0 aromatic carbocycles. The normalized spacial score (nSPS) is 18.4. The zero-order valence-electron chi connectivity index (χ0n) is 19.2. The van der Waals surface area contributed by atoms with Gasteiger partial charge in [-0.2, -0.15) is 0 Å². The number of nitrogens with zero attached hydrogens (tertiary/aromatic N) is 3. The third-order valence-electron chi connectivity index (χ3n) is 7.08. The minimum Gasteiger partial charge on any atom is -0.493 e. The summed E-state index contributed by atoms with van der Waals surface area (Å²) < 4.78 is 7.45. The van der Waals surface area contributed by atoms with Crippen LogP contribution in [-0.4, -0.2) is 38.2 Å². The first-order valence-electron chi connectivity index (χ1n) is 11.8. The second kappa shape index (κ2) is 10.1. The molecule has 1 amide bonds. The van der Waals surface area contributed by atoms with Crippen LogP contribution in [0.4, 0.5) is 5.13 Å². The number of amides is 1. The lowest BCUT2D eigenvalue weighted by Crippen LogP contribution is -2.35. The van der Waals surface area contributed by atoms with E-state index in [1.165, 1.54) is 28.0 Å². The second-order valence-electron chi connectivity index (χ2n) is 9.18. The summed E-state index contributed by atoms with van der Waals surface area (Å²) >= 11 is 1.12. The SMILES string of the molecule is COC(=O)c1csc(NC(=O)[C@H](CC2CCCCC2)n2c(O)c(C3CCCC3)n(C)c2=O)n1. The van der Waals surface area contributed by atoms with Gasteiger partial charge < -0.3 is 15.2 Å². The number of carbonyl (C=O) groups is 2. The Balaban J connectivity index is 1.65. The predicted molar refractivity (Wildman–Crippen MR) is 125 cm³/mol. The molecule has 1 atom stereocenters. The molecule has 9 nitrogen and oxygen atoms in total. The van der Waals surface area contributed by atoms with Gasteiger partial charge >= 0.3 is 11.7 Å². The molecule has 0 unspecified atom stereocenters. The van der Waals surface area contributed by atoms with Gasteiger partial charge in [0, 0.05) is 18.3 Å². The molecule has 2 aromatic rings. The second-order valence-corrected chi connectivity index (χ2v) is 10.0. The third-order valence-corrected chi connectivity index (χ3v) is 7.84. The first-order valence-corrected chi connectivity index (χ1v) is 12.6. The van der Waals surface area contributed by atoms with Crippen LogP contribution in [0.3, 0.4) is 0 Å². The molecule has 33 heavy (non-hydrogen) atoms. The van der Waals surface area contributed by atoms with Crippen molar-refractivity contribution in [3.63, 3.8) is 0 Å². The summed E-state index contributed by atoms with van der Waals surface area (Å²) in [5, 5.41) is 15.7. The molecule has 0 radical (unpaired) electrons. The Hall–Kier alpha value is -2.62. The highest BCUT2D eigenvalue weighted by molar-refractivity contribution is 7.14. The highest BCUT2D eigenvalue weighted by atomic mass is 32.1. The van der Waals surface area contributed by atoms with Crippen LogP contribution in [0.5, 0.6) is 5.88 Å². The maximum Gasteiger partial charge on any atom is 0.357 e. The molecule has 2 heterocycles. The molecule has 2 N–H and O–H groups in total. The number of hydrogen-bond acceptors (Lipinski definition) is 7. The Bertz CT molecular complexity index is 1060. The molecule has 0 aliphatic heterocycles. The number of carbonyl (C=O) groups excluding carboxylic acids is 2. The molecular weight excluding hydrogens is 444 g/mol. The molecule has 4 rings (SSSR count). The molecule has 0 saturated heterocycles. The molecule has 0 bridgehead atoms. The van der Waals surface area contributed by atoms with Crippen molar-refractivity contribution in [3.8, 4) is 5.88 Å². The number of anilines is 1. The molecule has 2 saturated carbocycles. The average Bonchev–Trinajstić information content (AvgIpc) is 3.55. The number of ether oxygens (including phenoxy) is 1. The Labute approximate surface area is 196 Å². The van der Waals surface area contributed by atoms with E-state index in [1.54, 1.807) is 7.05 Å². The van der Waals surface area contributed by atoms with Gasteiger partial charge in [0.15, 0.2) is 10.8 Å². The monoisotopic (exact) mass is 476 g/mol. The molecule has 2 aliphatic carbocycles. The van der Waals surface area contributed by atoms with Crippen LogP contribution in [0.25, 0.3) is 0 Å². The summed E-state index contributed by atoms with van der Waals surface area (Å²) in [5.74, 6) is -0.655. The minimum atomic E-state index is -0.854. The summed E-state index contributed by atoms with van der Waals surface area (Å²) in [6, 6.07) is -0.854. The van der Waals surface area contributed by atoms with Crippen molar-refractivity contribution in [1.29, 1.82) is 0 Å². The number of esters is 1. The molecule has 0 spiro atoms. The summed E-state index contributed by atoms with van der Waals surface area (Å²) in [4.78, 5) is 42.5. The van der Waals surface area contributed by atoms with E-state index in [2.05, 4.69) is 15.0 Å². The smallest absolute Gasteiger partial charge is 0.357 e. The zero-order valence-corrected chi connectivity index (χ0v) is 20.0. The van der Waals surface area contributed by atoms with Crippen LogP contribution in [0.2, 0.25) is 0 Å². The zero-order chi connectivity index (χ0) is 23.5. The van der Waals surface area contributed by atoms with Gasteiger partial charge in [0.1, 0.15) is 6.04 Å². The van der Waals surface area contributed by atoms with Crippen LogP contribution < -0.4 is 11.0 Å². The maximum absolute atomic E-state index is 13.4. The molecular formula is C23H32N4O5S. The lowest BCUT2D eigenvalue weighted by Gasteiger charge is -2.26. The van der Waals surface area contributed by atoms with Crippen molar-refractivity contribution in [2.75, 3.05) is 12.4 Å². The van der Waals surface area contributed by atoms with Gasteiger partial charge in [0.2, 0.25) is 11.8 Å². The van der Waals surface area contributed by atoms with E-state index in [9.17, 15) is 19.5 Å². The van der Waals surface area contributed by atoms with Gasteiger partial charge in [-0.25, -0.2) is 14.6 Å². The summed E-state index contributed by atoms with van der Waals surface area (Å²) in [7, 11) is 2.94. The number of imidazole rings is 1. The standard InChI is InChI=1S/C23H32N4O5S/c1-26-18(15-10-6-7-11-15)20(29)27(23(26)31)17(12-14-8-4-3-5-9-14)19(28)25-22-24-16(13-33-22)21(30)32-2/h13-15,17,29H,3-12H2,1-2H3,(H,24,25,28)/t17-/m0/s1. The topological polar surface area (TPSA) is 115 Å². The third kappa shape index (κ3) is 4.85. The quantitative estimate of drug-likeness (QED) is 0.585. The lowest BCUT2D eigenvalue weighted by molar-refractivity contribution is -0.120. The van der Waals surface area contributed by atoms with Gasteiger partial charge in [-0.15, -0.1) is 11.3 Å². The van der Waals surface area contributed by atoms with E-state index >= 15 is 0 Å². The van der Waals surface area contributed by atoms with E-state index in [-0.39, 0.29) is 28.3 Å². The van der Waals surface area contributed by atoms with E-state index in [1.807, 2.05) is 0 Å². The van der Waals surface area contributed by atoms with Crippen LogP contribution in [0, 0.1) is 5.92 Å². The fourth-order valence-electron chi connectivity index (χ4n) is 5.35. The Morgan fingerprint density at radius 3 is 2.55 bits per heavy atom. The predicted octanol–water partition coefficient (Wildman–Crippen LogP) is 3.94. The lowest BCUT2D eigenvalue weighted by atomic mass is 9.84. The van der Waals surface area contributed by atoms with Crippen molar-refractivity contribution < 1.29 is 19.4 Å². The highest BCUT2D eigenvalue weighted by Crippen LogP contribution is 2.40. The Morgan fingerprint density at radius 2 is 1.88 bits per heavy atom. The van der Waals surface area contributed by atoms with Gasteiger partial charge in [-0.05, 0) is 25.2 Å². The molecule has 2 fully saturated rings. The summed E-state index contributed by atoms with van der Waals surface area (Å²) in [5.41, 5.74) is 0.366. The van der Waals surface area contributed by atoms with Crippen molar-refractivity contribution in [1.82, 2.24) is 14.1 Å². The van der Waals surface area contributed by atoms with Crippen LogP contribution >= 0.6 is 11.3 Å².